The SMILES string of the molecule is [C-]#[N+]c1ccc(C2(O)COC2)cc1. The second-order valence-corrected chi connectivity index (χ2v) is 3.18. The van der Waals surface area contributed by atoms with E-state index in [2.05, 4.69) is 4.85 Å². The Hall–Kier alpha value is -1.37. The summed E-state index contributed by atoms with van der Waals surface area (Å²) in [5, 5.41) is 9.84. The number of hydrogen-bond donors (Lipinski definition) is 1. The van der Waals surface area contributed by atoms with Crippen molar-refractivity contribution >= 4 is 5.69 Å². The Balaban J connectivity index is 2.28. The molecule has 3 heteroatoms. The van der Waals surface area contributed by atoms with Crippen molar-refractivity contribution in [1.82, 2.24) is 0 Å². The maximum Gasteiger partial charge on any atom is 0.187 e. The molecule has 1 aromatic rings. The van der Waals surface area contributed by atoms with Crippen molar-refractivity contribution in [2.45, 2.75) is 5.60 Å². The lowest BCUT2D eigenvalue weighted by Gasteiger charge is -2.36. The fourth-order valence-corrected chi connectivity index (χ4v) is 1.31. The van der Waals surface area contributed by atoms with Crippen LogP contribution < -0.4 is 0 Å². The molecule has 0 spiro atoms. The van der Waals surface area contributed by atoms with Gasteiger partial charge >= 0.3 is 0 Å². The molecule has 0 unspecified atom stereocenters. The average Bonchev–Trinajstić information content (AvgIpc) is 2.14. The number of rotatable bonds is 1. The first-order chi connectivity index (χ1) is 6.24. The van der Waals surface area contributed by atoms with Crippen molar-refractivity contribution in [2.24, 2.45) is 0 Å². The Morgan fingerprint density at radius 2 is 1.92 bits per heavy atom. The van der Waals surface area contributed by atoms with Gasteiger partial charge in [-0.1, -0.05) is 24.3 Å². The van der Waals surface area contributed by atoms with Gasteiger partial charge < -0.3 is 9.84 Å². The summed E-state index contributed by atoms with van der Waals surface area (Å²) in [5.74, 6) is 0. The van der Waals surface area contributed by atoms with Crippen LogP contribution in [-0.2, 0) is 10.3 Å². The standard InChI is InChI=1S/C10H9NO2/c1-11-9-4-2-8(3-5-9)10(12)6-13-7-10/h2-5,12H,6-7H2. The molecule has 0 amide bonds. The zero-order chi connectivity index (χ0) is 9.31. The first-order valence-corrected chi connectivity index (χ1v) is 4.03. The van der Waals surface area contributed by atoms with Gasteiger partial charge in [-0.15, -0.1) is 0 Å². The third-order valence-electron chi connectivity index (χ3n) is 2.22. The molecular weight excluding hydrogens is 166 g/mol. The molecule has 1 saturated heterocycles. The number of aliphatic hydroxyl groups is 1. The topological polar surface area (TPSA) is 33.8 Å². The highest BCUT2D eigenvalue weighted by atomic mass is 16.5. The monoisotopic (exact) mass is 175 g/mol. The lowest BCUT2D eigenvalue weighted by atomic mass is 9.92. The fraction of sp³-hybridized carbons (Fsp3) is 0.300. The summed E-state index contributed by atoms with van der Waals surface area (Å²) in [6, 6.07) is 6.96. The summed E-state index contributed by atoms with van der Waals surface area (Å²) in [4.78, 5) is 3.27. The molecule has 0 aliphatic carbocycles. The third kappa shape index (κ3) is 1.31. The number of hydrogen-bond acceptors (Lipinski definition) is 2. The molecule has 0 aromatic heterocycles. The Bertz CT molecular complexity index is 346. The summed E-state index contributed by atoms with van der Waals surface area (Å²) in [5.41, 5.74) is 0.597. The van der Waals surface area contributed by atoms with Gasteiger partial charge in [0.15, 0.2) is 5.69 Å². The summed E-state index contributed by atoms with van der Waals surface area (Å²) < 4.78 is 4.94. The van der Waals surface area contributed by atoms with E-state index in [1.807, 2.05) is 0 Å². The fourth-order valence-electron chi connectivity index (χ4n) is 1.31. The molecule has 1 fully saturated rings. The van der Waals surface area contributed by atoms with Gasteiger partial charge in [-0.3, -0.25) is 0 Å². The number of benzene rings is 1. The van der Waals surface area contributed by atoms with Gasteiger partial charge in [0.2, 0.25) is 0 Å². The van der Waals surface area contributed by atoms with Crippen LogP contribution in [0.15, 0.2) is 24.3 Å². The molecule has 1 aliphatic heterocycles. The largest absolute Gasteiger partial charge is 0.380 e. The molecule has 0 radical (unpaired) electrons. The Morgan fingerprint density at radius 3 is 2.31 bits per heavy atom. The average molecular weight is 175 g/mol. The van der Waals surface area contributed by atoms with E-state index in [0.29, 0.717) is 18.9 Å². The first kappa shape index (κ1) is 8.24. The molecule has 1 aromatic carbocycles. The van der Waals surface area contributed by atoms with E-state index in [4.69, 9.17) is 11.3 Å². The summed E-state index contributed by atoms with van der Waals surface area (Å²) in [7, 11) is 0. The van der Waals surface area contributed by atoms with Crippen LogP contribution in [0.5, 0.6) is 0 Å². The molecule has 66 valence electrons. The molecule has 2 rings (SSSR count). The Kier molecular flexibility index (Phi) is 1.80. The predicted molar refractivity (Wildman–Crippen MR) is 47.4 cm³/mol. The van der Waals surface area contributed by atoms with Crippen molar-refractivity contribution in [3.05, 3.63) is 41.2 Å². The normalized spacial score (nSPS) is 18.8. The van der Waals surface area contributed by atoms with Crippen LogP contribution in [0.2, 0.25) is 0 Å². The molecule has 0 atom stereocenters. The lowest BCUT2D eigenvalue weighted by molar-refractivity contribution is -0.184. The highest BCUT2D eigenvalue weighted by Gasteiger charge is 2.37. The van der Waals surface area contributed by atoms with Crippen LogP contribution in [0.1, 0.15) is 5.56 Å². The molecule has 1 heterocycles. The zero-order valence-electron chi connectivity index (χ0n) is 7.03. The van der Waals surface area contributed by atoms with Gasteiger partial charge in [-0.05, 0) is 5.56 Å². The van der Waals surface area contributed by atoms with Crippen LogP contribution in [0.25, 0.3) is 4.85 Å². The van der Waals surface area contributed by atoms with Gasteiger partial charge in [0.25, 0.3) is 0 Å². The molecule has 0 bridgehead atoms. The van der Waals surface area contributed by atoms with Gasteiger partial charge in [0.05, 0.1) is 19.8 Å². The van der Waals surface area contributed by atoms with Gasteiger partial charge in [-0.25, -0.2) is 4.85 Å². The van der Waals surface area contributed by atoms with Crippen molar-refractivity contribution in [3.63, 3.8) is 0 Å². The van der Waals surface area contributed by atoms with Crippen LogP contribution >= 0.6 is 0 Å². The van der Waals surface area contributed by atoms with Crippen LogP contribution in [-0.4, -0.2) is 18.3 Å². The highest BCUT2D eigenvalue weighted by molar-refractivity contribution is 5.46. The van der Waals surface area contributed by atoms with E-state index >= 15 is 0 Å². The third-order valence-corrected chi connectivity index (χ3v) is 2.22. The number of ether oxygens (including phenoxy) is 1. The summed E-state index contributed by atoms with van der Waals surface area (Å²) in [6.45, 7) is 7.47. The van der Waals surface area contributed by atoms with Crippen LogP contribution in [0.3, 0.4) is 0 Å². The summed E-state index contributed by atoms with van der Waals surface area (Å²) in [6.07, 6.45) is 0. The molecular formula is C10H9NO2. The molecule has 13 heavy (non-hydrogen) atoms. The van der Waals surface area contributed by atoms with Gasteiger partial charge in [0.1, 0.15) is 5.60 Å². The van der Waals surface area contributed by atoms with Crippen molar-refractivity contribution in [3.8, 4) is 0 Å². The quantitative estimate of drug-likeness (QED) is 0.655. The van der Waals surface area contributed by atoms with Crippen molar-refractivity contribution in [1.29, 1.82) is 0 Å². The Labute approximate surface area is 76.4 Å². The number of nitrogens with zero attached hydrogens (tertiary/aromatic N) is 1. The van der Waals surface area contributed by atoms with E-state index < -0.39 is 5.60 Å². The van der Waals surface area contributed by atoms with Crippen molar-refractivity contribution in [2.75, 3.05) is 13.2 Å². The minimum Gasteiger partial charge on any atom is -0.380 e. The first-order valence-electron chi connectivity index (χ1n) is 4.03. The van der Waals surface area contributed by atoms with Crippen molar-refractivity contribution < 1.29 is 9.84 Å². The van der Waals surface area contributed by atoms with E-state index in [1.54, 1.807) is 24.3 Å². The van der Waals surface area contributed by atoms with E-state index in [1.165, 1.54) is 0 Å². The molecule has 1 N–H and O–H groups in total. The predicted octanol–water partition coefficient (Wildman–Crippen LogP) is 1.46. The van der Waals surface area contributed by atoms with E-state index in [0.717, 1.165) is 5.56 Å². The zero-order valence-corrected chi connectivity index (χ0v) is 7.03. The lowest BCUT2D eigenvalue weighted by Crippen LogP contribution is -2.46. The van der Waals surface area contributed by atoms with Gasteiger partial charge in [-0.2, -0.15) is 0 Å². The van der Waals surface area contributed by atoms with Gasteiger partial charge in [0, 0.05) is 0 Å². The Morgan fingerprint density at radius 1 is 1.31 bits per heavy atom. The molecule has 0 saturated carbocycles. The highest BCUT2D eigenvalue weighted by Crippen LogP contribution is 2.30. The van der Waals surface area contributed by atoms with E-state index in [9.17, 15) is 5.11 Å². The van der Waals surface area contributed by atoms with E-state index in [-0.39, 0.29) is 0 Å². The minimum absolute atomic E-state index is 0.352. The smallest absolute Gasteiger partial charge is 0.187 e. The summed E-state index contributed by atoms with van der Waals surface area (Å²) >= 11 is 0. The maximum atomic E-state index is 9.84. The van der Waals surface area contributed by atoms with Crippen LogP contribution in [0, 0.1) is 6.57 Å². The molecule has 1 aliphatic rings. The second-order valence-electron chi connectivity index (χ2n) is 3.18. The second kappa shape index (κ2) is 2.84. The van der Waals surface area contributed by atoms with Crippen LogP contribution in [0.4, 0.5) is 5.69 Å². The minimum atomic E-state index is -0.819. The molecule has 3 nitrogen and oxygen atoms in total. The maximum absolute atomic E-state index is 9.84.